The first-order valence-corrected chi connectivity index (χ1v) is 5.80. The average Bonchev–Trinajstić information content (AvgIpc) is 2.08. The minimum atomic E-state index is -0.942. The molecule has 0 saturated carbocycles. The summed E-state index contributed by atoms with van der Waals surface area (Å²) < 4.78 is 5.08. The van der Waals surface area contributed by atoms with Gasteiger partial charge < -0.3 is 9.84 Å². The van der Waals surface area contributed by atoms with E-state index in [0.29, 0.717) is 6.42 Å². The highest BCUT2D eigenvalue weighted by atomic mass is 16.6. The lowest BCUT2D eigenvalue weighted by Gasteiger charge is -2.21. The van der Waals surface area contributed by atoms with Crippen LogP contribution in [0.5, 0.6) is 0 Å². The van der Waals surface area contributed by atoms with Crippen molar-refractivity contribution in [3.63, 3.8) is 0 Å². The summed E-state index contributed by atoms with van der Waals surface area (Å²) in [5.41, 5.74) is -0.546. The third kappa shape index (κ3) is 8.68. The fourth-order valence-corrected chi connectivity index (χ4v) is 1.33. The first kappa shape index (κ1) is 15.9. The van der Waals surface area contributed by atoms with Crippen molar-refractivity contribution in [3.8, 4) is 0 Å². The fourth-order valence-electron chi connectivity index (χ4n) is 1.33. The van der Waals surface area contributed by atoms with Gasteiger partial charge in [0.05, 0.1) is 6.54 Å². The number of ether oxygens (including phenoxy) is 1. The maximum absolute atomic E-state index is 11.4. The van der Waals surface area contributed by atoms with Gasteiger partial charge in [0.2, 0.25) is 0 Å². The highest BCUT2D eigenvalue weighted by Gasteiger charge is 2.21. The number of hydrogen-bond acceptors (Lipinski definition) is 4. The van der Waals surface area contributed by atoms with Crippen LogP contribution in [-0.4, -0.2) is 35.2 Å². The maximum Gasteiger partial charge on any atom is 0.320 e. The number of rotatable bonds is 6. The quantitative estimate of drug-likeness (QED) is 0.692. The molecule has 0 aromatic rings. The van der Waals surface area contributed by atoms with E-state index in [-0.39, 0.29) is 12.5 Å². The molecule has 0 aliphatic carbocycles. The Bertz CT molecular complexity index is 268. The van der Waals surface area contributed by atoms with E-state index in [4.69, 9.17) is 9.84 Å². The van der Waals surface area contributed by atoms with E-state index in [2.05, 4.69) is 5.32 Å². The van der Waals surface area contributed by atoms with E-state index in [1.807, 2.05) is 13.8 Å². The van der Waals surface area contributed by atoms with Gasteiger partial charge in [-0.25, -0.2) is 0 Å². The Hall–Kier alpha value is -1.10. The minimum Gasteiger partial charge on any atom is -0.480 e. The lowest BCUT2D eigenvalue weighted by Crippen LogP contribution is -2.42. The first-order chi connectivity index (χ1) is 7.61. The van der Waals surface area contributed by atoms with Gasteiger partial charge in [0, 0.05) is 0 Å². The van der Waals surface area contributed by atoms with Crippen LogP contribution in [0.2, 0.25) is 0 Å². The molecule has 0 aromatic carbocycles. The monoisotopic (exact) mass is 245 g/mol. The number of aliphatic carboxylic acids is 1. The van der Waals surface area contributed by atoms with Gasteiger partial charge in [-0.2, -0.15) is 0 Å². The number of carbonyl (C=O) groups excluding carboxylic acids is 1. The van der Waals surface area contributed by atoms with Crippen LogP contribution in [0.15, 0.2) is 0 Å². The van der Waals surface area contributed by atoms with E-state index in [1.54, 1.807) is 20.8 Å². The Morgan fingerprint density at radius 3 is 2.18 bits per heavy atom. The van der Waals surface area contributed by atoms with Crippen molar-refractivity contribution in [1.29, 1.82) is 0 Å². The van der Waals surface area contributed by atoms with Gasteiger partial charge in [0.15, 0.2) is 0 Å². The number of carboxylic acids is 1. The molecule has 0 radical (unpaired) electrons. The SMILES string of the molecule is CC(C)C[C@@H](NCC(=O)OC(C)(C)C)C(=O)O. The summed E-state index contributed by atoms with van der Waals surface area (Å²) in [6, 6.07) is -0.706. The lowest BCUT2D eigenvalue weighted by molar-refractivity contribution is -0.154. The van der Waals surface area contributed by atoms with E-state index in [9.17, 15) is 9.59 Å². The predicted octanol–water partition coefficient (Wildman–Crippen LogP) is 1.42. The van der Waals surface area contributed by atoms with Crippen molar-refractivity contribution >= 4 is 11.9 Å². The molecule has 0 unspecified atom stereocenters. The predicted molar refractivity (Wildman–Crippen MR) is 64.7 cm³/mol. The van der Waals surface area contributed by atoms with E-state index < -0.39 is 23.6 Å². The molecular formula is C12H23NO4. The summed E-state index contributed by atoms with van der Waals surface area (Å²) in [5, 5.41) is 11.7. The Labute approximate surface area is 103 Å². The van der Waals surface area contributed by atoms with Gasteiger partial charge in [-0.3, -0.25) is 14.9 Å². The maximum atomic E-state index is 11.4. The van der Waals surface area contributed by atoms with Gasteiger partial charge in [-0.05, 0) is 33.1 Å². The second kappa shape index (κ2) is 6.59. The first-order valence-electron chi connectivity index (χ1n) is 5.80. The molecule has 0 rings (SSSR count). The summed E-state index contributed by atoms with van der Waals surface area (Å²) in [6.07, 6.45) is 0.484. The van der Waals surface area contributed by atoms with Gasteiger partial charge in [0.25, 0.3) is 0 Å². The Kier molecular flexibility index (Phi) is 6.16. The van der Waals surface area contributed by atoms with Crippen LogP contribution in [0.4, 0.5) is 0 Å². The van der Waals surface area contributed by atoms with Crippen LogP contribution < -0.4 is 5.32 Å². The second-order valence-corrected chi connectivity index (χ2v) is 5.49. The Balaban J connectivity index is 4.13. The zero-order chi connectivity index (χ0) is 13.6. The van der Waals surface area contributed by atoms with Gasteiger partial charge >= 0.3 is 11.9 Å². The van der Waals surface area contributed by atoms with Crippen LogP contribution in [0.3, 0.4) is 0 Å². The van der Waals surface area contributed by atoms with Gasteiger partial charge in [-0.1, -0.05) is 13.8 Å². The fraction of sp³-hybridized carbons (Fsp3) is 0.833. The van der Waals surface area contributed by atoms with E-state index >= 15 is 0 Å². The lowest BCUT2D eigenvalue weighted by atomic mass is 10.0. The largest absolute Gasteiger partial charge is 0.480 e. The third-order valence-electron chi connectivity index (χ3n) is 1.92. The summed E-state index contributed by atoms with van der Waals surface area (Å²) in [4.78, 5) is 22.3. The molecule has 0 bridgehead atoms. The van der Waals surface area contributed by atoms with E-state index in [1.165, 1.54) is 0 Å². The Morgan fingerprint density at radius 1 is 1.29 bits per heavy atom. The normalized spacial score (nSPS) is 13.5. The molecule has 100 valence electrons. The third-order valence-corrected chi connectivity index (χ3v) is 1.92. The highest BCUT2D eigenvalue weighted by Crippen LogP contribution is 2.07. The second-order valence-electron chi connectivity index (χ2n) is 5.49. The number of carbonyl (C=O) groups is 2. The topological polar surface area (TPSA) is 75.6 Å². The average molecular weight is 245 g/mol. The van der Waals surface area contributed by atoms with Crippen molar-refractivity contribution in [2.45, 2.75) is 52.7 Å². The molecule has 17 heavy (non-hydrogen) atoms. The van der Waals surface area contributed by atoms with Crippen molar-refractivity contribution in [3.05, 3.63) is 0 Å². The van der Waals surface area contributed by atoms with Crippen LogP contribution in [0.25, 0.3) is 0 Å². The molecule has 0 fully saturated rings. The molecule has 0 saturated heterocycles. The number of hydrogen-bond donors (Lipinski definition) is 2. The van der Waals surface area contributed by atoms with Crippen molar-refractivity contribution < 1.29 is 19.4 Å². The number of nitrogens with one attached hydrogen (secondary N) is 1. The van der Waals surface area contributed by atoms with Crippen LogP contribution >= 0.6 is 0 Å². The van der Waals surface area contributed by atoms with Crippen molar-refractivity contribution in [2.75, 3.05) is 6.54 Å². The molecule has 5 heteroatoms. The zero-order valence-electron chi connectivity index (χ0n) is 11.2. The summed E-state index contributed by atoms with van der Waals surface area (Å²) in [6.45, 7) is 9.10. The highest BCUT2D eigenvalue weighted by molar-refractivity contribution is 5.76. The summed E-state index contributed by atoms with van der Waals surface area (Å²) in [7, 11) is 0. The van der Waals surface area contributed by atoms with Crippen molar-refractivity contribution in [2.24, 2.45) is 5.92 Å². The zero-order valence-corrected chi connectivity index (χ0v) is 11.2. The van der Waals surface area contributed by atoms with Gasteiger partial charge in [-0.15, -0.1) is 0 Å². The van der Waals surface area contributed by atoms with E-state index in [0.717, 1.165) is 0 Å². The Morgan fingerprint density at radius 2 is 1.82 bits per heavy atom. The molecule has 5 nitrogen and oxygen atoms in total. The van der Waals surface area contributed by atoms with Crippen LogP contribution in [-0.2, 0) is 14.3 Å². The molecule has 0 aromatic heterocycles. The molecule has 0 amide bonds. The molecular weight excluding hydrogens is 222 g/mol. The standard InChI is InChI=1S/C12H23NO4/c1-8(2)6-9(11(15)16)13-7-10(14)17-12(3,4)5/h8-9,13H,6-7H2,1-5H3,(H,15,16)/t9-/m1/s1. The summed E-state index contributed by atoms with van der Waals surface area (Å²) in [5.74, 6) is -1.13. The molecule has 0 aliphatic heterocycles. The van der Waals surface area contributed by atoms with Crippen molar-refractivity contribution in [1.82, 2.24) is 5.32 Å². The minimum absolute atomic E-state index is 0.0824. The molecule has 2 N–H and O–H groups in total. The molecule has 0 spiro atoms. The van der Waals surface area contributed by atoms with Crippen LogP contribution in [0, 0.1) is 5.92 Å². The molecule has 1 atom stereocenters. The van der Waals surface area contributed by atoms with Gasteiger partial charge in [0.1, 0.15) is 11.6 Å². The van der Waals surface area contributed by atoms with Crippen LogP contribution in [0.1, 0.15) is 41.0 Å². The molecule has 0 aliphatic rings. The summed E-state index contributed by atoms with van der Waals surface area (Å²) >= 11 is 0. The number of carboxylic acid groups (broad SMARTS) is 1. The molecule has 0 heterocycles. The number of esters is 1. The smallest absolute Gasteiger partial charge is 0.320 e.